The lowest BCUT2D eigenvalue weighted by Gasteiger charge is -2.14. The van der Waals surface area contributed by atoms with Gasteiger partial charge in [0.25, 0.3) is 5.91 Å². The summed E-state index contributed by atoms with van der Waals surface area (Å²) in [5.74, 6) is 0.682. The minimum atomic E-state index is -0.295. The molecular formula is C15H15BrN2O3. The summed E-state index contributed by atoms with van der Waals surface area (Å²) in [6.45, 7) is 0. The molecule has 5 nitrogen and oxygen atoms in total. The maximum absolute atomic E-state index is 12.4. The predicted molar refractivity (Wildman–Crippen MR) is 86.1 cm³/mol. The van der Waals surface area contributed by atoms with Crippen molar-refractivity contribution in [3.63, 3.8) is 0 Å². The van der Waals surface area contributed by atoms with Gasteiger partial charge in [0, 0.05) is 16.2 Å². The summed E-state index contributed by atoms with van der Waals surface area (Å²) in [6, 6.07) is 10.3. The fourth-order valence-electron chi connectivity index (χ4n) is 1.90. The van der Waals surface area contributed by atoms with Crippen molar-refractivity contribution in [2.75, 3.05) is 25.3 Å². The number of nitrogens with two attached hydrogens (primary N) is 1. The second-order valence-electron chi connectivity index (χ2n) is 4.23. The van der Waals surface area contributed by atoms with Crippen LogP contribution in [0.3, 0.4) is 0 Å². The van der Waals surface area contributed by atoms with E-state index in [1.54, 1.807) is 36.4 Å². The van der Waals surface area contributed by atoms with Crippen LogP contribution >= 0.6 is 15.9 Å². The van der Waals surface area contributed by atoms with E-state index >= 15 is 0 Å². The summed E-state index contributed by atoms with van der Waals surface area (Å²) >= 11 is 3.37. The van der Waals surface area contributed by atoms with Gasteiger partial charge in [-0.1, -0.05) is 12.1 Å². The normalized spacial score (nSPS) is 10.0. The van der Waals surface area contributed by atoms with Crippen molar-refractivity contribution in [3.8, 4) is 11.5 Å². The largest absolute Gasteiger partial charge is 0.496 e. The number of carbonyl (C=O) groups excluding carboxylic acids is 1. The van der Waals surface area contributed by atoms with E-state index in [-0.39, 0.29) is 5.91 Å². The van der Waals surface area contributed by atoms with Crippen LogP contribution in [0.25, 0.3) is 0 Å². The fourth-order valence-corrected chi connectivity index (χ4v) is 2.46. The molecule has 6 heteroatoms. The van der Waals surface area contributed by atoms with Crippen molar-refractivity contribution in [1.29, 1.82) is 0 Å². The van der Waals surface area contributed by atoms with Crippen molar-refractivity contribution in [2.24, 2.45) is 0 Å². The zero-order valence-electron chi connectivity index (χ0n) is 11.6. The number of hydrogen-bond donors (Lipinski definition) is 2. The minimum Gasteiger partial charge on any atom is -0.496 e. The summed E-state index contributed by atoms with van der Waals surface area (Å²) in [7, 11) is 3.03. The quantitative estimate of drug-likeness (QED) is 0.829. The van der Waals surface area contributed by atoms with E-state index in [2.05, 4.69) is 21.2 Å². The van der Waals surface area contributed by atoms with Crippen LogP contribution in [0.2, 0.25) is 0 Å². The van der Waals surface area contributed by atoms with Gasteiger partial charge in [-0.05, 0) is 34.1 Å². The average Bonchev–Trinajstić information content (AvgIpc) is 2.49. The smallest absolute Gasteiger partial charge is 0.259 e. The number of methoxy groups -OCH3 is 2. The zero-order chi connectivity index (χ0) is 15.4. The number of nitrogen functional groups attached to an aromatic ring is 1. The van der Waals surface area contributed by atoms with Crippen molar-refractivity contribution in [1.82, 2.24) is 0 Å². The van der Waals surface area contributed by atoms with Gasteiger partial charge in [0.15, 0.2) is 0 Å². The molecule has 1 amide bonds. The molecule has 21 heavy (non-hydrogen) atoms. The summed E-state index contributed by atoms with van der Waals surface area (Å²) in [4.78, 5) is 12.4. The van der Waals surface area contributed by atoms with Crippen LogP contribution in [0.5, 0.6) is 11.5 Å². The van der Waals surface area contributed by atoms with Crippen LogP contribution in [-0.2, 0) is 0 Å². The highest BCUT2D eigenvalue weighted by atomic mass is 79.9. The van der Waals surface area contributed by atoms with Gasteiger partial charge in [0.2, 0.25) is 0 Å². The molecule has 0 atom stereocenters. The van der Waals surface area contributed by atoms with Crippen LogP contribution in [0.4, 0.5) is 11.4 Å². The lowest BCUT2D eigenvalue weighted by atomic mass is 10.1. The molecular weight excluding hydrogens is 336 g/mol. The second kappa shape index (κ2) is 6.49. The van der Waals surface area contributed by atoms with Crippen molar-refractivity contribution in [2.45, 2.75) is 0 Å². The third kappa shape index (κ3) is 3.28. The molecule has 0 saturated heterocycles. The first-order valence-corrected chi connectivity index (χ1v) is 6.93. The minimum absolute atomic E-state index is 0.295. The van der Waals surface area contributed by atoms with Crippen molar-refractivity contribution >= 4 is 33.2 Å². The Kier molecular flexibility index (Phi) is 4.70. The van der Waals surface area contributed by atoms with Gasteiger partial charge in [0.1, 0.15) is 11.5 Å². The standard InChI is InChI=1S/C15H15BrN2O3/c1-20-12-6-4-3-5-10(12)15(19)18-14-11(16)7-9(17)8-13(14)21-2/h3-8H,17H2,1-2H3,(H,18,19). The Morgan fingerprint density at radius 2 is 1.81 bits per heavy atom. The van der Waals surface area contributed by atoms with Gasteiger partial charge in [-0.2, -0.15) is 0 Å². The number of anilines is 2. The number of rotatable bonds is 4. The van der Waals surface area contributed by atoms with Gasteiger partial charge < -0.3 is 20.5 Å². The number of amides is 1. The molecule has 0 saturated carbocycles. The molecule has 0 aliphatic carbocycles. The first kappa shape index (κ1) is 15.2. The van der Waals surface area contributed by atoms with Gasteiger partial charge in [-0.3, -0.25) is 4.79 Å². The molecule has 0 aromatic heterocycles. The van der Waals surface area contributed by atoms with E-state index in [0.29, 0.717) is 32.9 Å². The van der Waals surface area contributed by atoms with Crippen LogP contribution in [-0.4, -0.2) is 20.1 Å². The average molecular weight is 351 g/mol. The number of benzene rings is 2. The maximum Gasteiger partial charge on any atom is 0.259 e. The van der Waals surface area contributed by atoms with E-state index in [9.17, 15) is 4.79 Å². The van der Waals surface area contributed by atoms with Crippen LogP contribution in [0.15, 0.2) is 40.9 Å². The molecule has 110 valence electrons. The van der Waals surface area contributed by atoms with E-state index in [4.69, 9.17) is 15.2 Å². The van der Waals surface area contributed by atoms with E-state index < -0.39 is 0 Å². The Morgan fingerprint density at radius 3 is 2.48 bits per heavy atom. The van der Waals surface area contributed by atoms with Gasteiger partial charge in [-0.15, -0.1) is 0 Å². The van der Waals surface area contributed by atoms with E-state index in [1.807, 2.05) is 0 Å². The highest BCUT2D eigenvalue weighted by molar-refractivity contribution is 9.10. The second-order valence-corrected chi connectivity index (χ2v) is 5.09. The SMILES string of the molecule is COc1ccccc1C(=O)Nc1c(Br)cc(N)cc1OC. The zero-order valence-corrected chi connectivity index (χ0v) is 13.2. The fraction of sp³-hybridized carbons (Fsp3) is 0.133. The molecule has 0 radical (unpaired) electrons. The van der Waals surface area contributed by atoms with Crippen LogP contribution < -0.4 is 20.5 Å². The molecule has 3 N–H and O–H groups in total. The molecule has 2 aromatic carbocycles. The Morgan fingerprint density at radius 1 is 1.14 bits per heavy atom. The highest BCUT2D eigenvalue weighted by Crippen LogP contribution is 2.35. The Bertz CT molecular complexity index is 674. The summed E-state index contributed by atoms with van der Waals surface area (Å²) < 4.78 is 11.1. The molecule has 0 fully saturated rings. The number of nitrogens with one attached hydrogen (secondary N) is 1. The van der Waals surface area contributed by atoms with E-state index in [1.165, 1.54) is 14.2 Å². The molecule has 0 spiro atoms. The van der Waals surface area contributed by atoms with Gasteiger partial charge >= 0.3 is 0 Å². The topological polar surface area (TPSA) is 73.6 Å². The number of hydrogen-bond acceptors (Lipinski definition) is 4. The first-order chi connectivity index (χ1) is 10.1. The number of carbonyl (C=O) groups is 1. The van der Waals surface area contributed by atoms with E-state index in [0.717, 1.165) is 0 Å². The Hall–Kier alpha value is -2.21. The third-order valence-electron chi connectivity index (χ3n) is 2.89. The molecule has 2 aromatic rings. The number of halogens is 1. The third-order valence-corrected chi connectivity index (χ3v) is 3.51. The molecule has 0 aliphatic rings. The van der Waals surface area contributed by atoms with Gasteiger partial charge in [-0.25, -0.2) is 0 Å². The maximum atomic E-state index is 12.4. The summed E-state index contributed by atoms with van der Waals surface area (Å²) in [5.41, 5.74) is 7.24. The van der Waals surface area contributed by atoms with Crippen molar-refractivity contribution < 1.29 is 14.3 Å². The Balaban J connectivity index is 2.36. The van der Waals surface area contributed by atoms with Crippen LogP contribution in [0, 0.1) is 0 Å². The predicted octanol–water partition coefficient (Wildman–Crippen LogP) is 3.30. The van der Waals surface area contributed by atoms with Crippen LogP contribution in [0.1, 0.15) is 10.4 Å². The highest BCUT2D eigenvalue weighted by Gasteiger charge is 2.16. The monoisotopic (exact) mass is 350 g/mol. The van der Waals surface area contributed by atoms with Crippen molar-refractivity contribution in [3.05, 3.63) is 46.4 Å². The number of ether oxygens (including phenoxy) is 2. The molecule has 0 aliphatic heterocycles. The molecule has 0 bridgehead atoms. The lowest BCUT2D eigenvalue weighted by molar-refractivity contribution is 0.102. The molecule has 0 heterocycles. The summed E-state index contributed by atoms with van der Waals surface area (Å²) in [5, 5.41) is 2.80. The van der Waals surface area contributed by atoms with Gasteiger partial charge in [0.05, 0.1) is 25.5 Å². The molecule has 0 unspecified atom stereocenters. The molecule has 2 rings (SSSR count). The number of para-hydroxylation sites is 1. The Labute approximate surface area is 131 Å². The summed E-state index contributed by atoms with van der Waals surface area (Å²) in [6.07, 6.45) is 0. The first-order valence-electron chi connectivity index (χ1n) is 6.14. The lowest BCUT2D eigenvalue weighted by Crippen LogP contribution is -2.14.